The number of carbonyl (C=O) groups is 1. The summed E-state index contributed by atoms with van der Waals surface area (Å²) in [6.45, 7) is 0.554. The Labute approximate surface area is 189 Å². The van der Waals surface area contributed by atoms with Crippen molar-refractivity contribution in [2.45, 2.75) is 13.2 Å². The molecule has 9 heteroatoms. The molecule has 0 spiro atoms. The monoisotopic (exact) mass is 447 g/mol. The van der Waals surface area contributed by atoms with Crippen LogP contribution in [-0.4, -0.2) is 34.9 Å². The lowest BCUT2D eigenvalue weighted by Crippen LogP contribution is -2.07. The molecule has 0 aliphatic heterocycles. The highest BCUT2D eigenvalue weighted by molar-refractivity contribution is 5.90. The number of hydrogen-bond donors (Lipinski definition) is 0. The van der Waals surface area contributed by atoms with E-state index in [1.165, 1.54) is 26.4 Å². The molecule has 0 fully saturated rings. The quantitative estimate of drug-likeness (QED) is 0.224. The third-order valence-electron chi connectivity index (χ3n) is 5.16. The molecule has 0 N–H and O–H groups in total. The van der Waals surface area contributed by atoms with E-state index in [1.54, 1.807) is 28.9 Å². The van der Waals surface area contributed by atoms with Crippen molar-refractivity contribution in [3.8, 4) is 11.6 Å². The number of nitrogens with zero attached hydrogens (tertiary/aromatic N) is 3. The summed E-state index contributed by atoms with van der Waals surface area (Å²) in [6.07, 6.45) is 0. The maximum absolute atomic E-state index is 11.8. The van der Waals surface area contributed by atoms with Gasteiger partial charge in [0, 0.05) is 17.7 Å². The van der Waals surface area contributed by atoms with E-state index in [-0.39, 0.29) is 12.2 Å². The molecule has 9 nitrogen and oxygen atoms in total. The molecule has 0 bridgehead atoms. The predicted molar refractivity (Wildman–Crippen MR) is 121 cm³/mol. The van der Waals surface area contributed by atoms with Crippen molar-refractivity contribution >= 4 is 22.6 Å². The van der Waals surface area contributed by atoms with Gasteiger partial charge in [0.25, 0.3) is 5.69 Å². The number of fused-ring (bicyclic) bond motifs is 1. The summed E-state index contributed by atoms with van der Waals surface area (Å²) in [5.41, 5.74) is 2.56. The molecule has 0 amide bonds. The van der Waals surface area contributed by atoms with Gasteiger partial charge in [0.1, 0.15) is 12.4 Å². The SMILES string of the molecule is COC(=O)c1ccc(Cn2nc(OCc3ccccc3)c3ccc([N+](=O)[O-])cc32)c(OC)c1. The van der Waals surface area contributed by atoms with Crippen molar-refractivity contribution in [2.24, 2.45) is 0 Å². The number of hydrogen-bond acceptors (Lipinski definition) is 7. The molecule has 0 saturated carbocycles. The Morgan fingerprint density at radius 2 is 1.85 bits per heavy atom. The molecule has 4 rings (SSSR count). The fourth-order valence-corrected chi connectivity index (χ4v) is 3.48. The average Bonchev–Trinajstić information content (AvgIpc) is 3.19. The lowest BCUT2D eigenvalue weighted by Gasteiger charge is -2.11. The molecule has 0 saturated heterocycles. The first-order valence-corrected chi connectivity index (χ1v) is 10.1. The average molecular weight is 447 g/mol. The summed E-state index contributed by atoms with van der Waals surface area (Å²) >= 11 is 0. The summed E-state index contributed by atoms with van der Waals surface area (Å²) < 4.78 is 17.8. The number of methoxy groups -OCH3 is 2. The van der Waals surface area contributed by atoms with Crippen molar-refractivity contribution < 1.29 is 23.9 Å². The molecule has 0 aliphatic rings. The summed E-state index contributed by atoms with van der Waals surface area (Å²) in [7, 11) is 2.81. The molecule has 4 aromatic rings. The minimum Gasteiger partial charge on any atom is -0.496 e. The Hall–Kier alpha value is -4.40. The first kappa shape index (κ1) is 21.8. The number of carbonyl (C=O) groups excluding carboxylic acids is 1. The Morgan fingerprint density at radius 3 is 2.55 bits per heavy atom. The number of aromatic nitrogens is 2. The molecular weight excluding hydrogens is 426 g/mol. The van der Waals surface area contributed by atoms with Crippen molar-refractivity contribution in [1.29, 1.82) is 0 Å². The van der Waals surface area contributed by atoms with Crippen LogP contribution in [0.5, 0.6) is 11.6 Å². The lowest BCUT2D eigenvalue weighted by molar-refractivity contribution is -0.384. The van der Waals surface area contributed by atoms with Crippen LogP contribution in [0, 0.1) is 10.1 Å². The van der Waals surface area contributed by atoms with Crippen LogP contribution in [0.3, 0.4) is 0 Å². The number of nitro benzene ring substituents is 1. The molecule has 0 radical (unpaired) electrons. The van der Waals surface area contributed by atoms with Crippen LogP contribution in [0.4, 0.5) is 5.69 Å². The van der Waals surface area contributed by atoms with Gasteiger partial charge in [0.15, 0.2) is 0 Å². The number of esters is 1. The van der Waals surface area contributed by atoms with Gasteiger partial charge in [-0.15, -0.1) is 5.10 Å². The molecule has 3 aromatic carbocycles. The van der Waals surface area contributed by atoms with Crippen molar-refractivity contribution in [3.63, 3.8) is 0 Å². The van der Waals surface area contributed by atoms with Crippen LogP contribution in [0.15, 0.2) is 66.7 Å². The van der Waals surface area contributed by atoms with Crippen molar-refractivity contribution in [1.82, 2.24) is 9.78 Å². The zero-order chi connectivity index (χ0) is 23.4. The summed E-state index contributed by atoms with van der Waals surface area (Å²) in [6, 6.07) is 19.1. The third-order valence-corrected chi connectivity index (χ3v) is 5.16. The summed E-state index contributed by atoms with van der Waals surface area (Å²) in [4.78, 5) is 22.7. The molecule has 0 aliphatic carbocycles. The Kier molecular flexibility index (Phi) is 6.21. The topological polar surface area (TPSA) is 106 Å². The second-order valence-electron chi connectivity index (χ2n) is 7.21. The molecule has 33 heavy (non-hydrogen) atoms. The molecule has 0 unspecified atom stereocenters. The van der Waals surface area contributed by atoms with Gasteiger partial charge >= 0.3 is 5.97 Å². The van der Waals surface area contributed by atoms with Gasteiger partial charge in [-0.25, -0.2) is 4.79 Å². The second kappa shape index (κ2) is 9.39. The van der Waals surface area contributed by atoms with Crippen molar-refractivity contribution in [3.05, 3.63) is 93.5 Å². The standard InChI is InChI=1S/C24H21N3O6/c1-31-22-12-17(24(28)32-2)8-9-18(22)14-26-21-13-19(27(29)30)10-11-20(21)23(25-26)33-15-16-6-4-3-5-7-16/h3-13H,14-15H2,1-2H3. The highest BCUT2D eigenvalue weighted by Crippen LogP contribution is 2.31. The van der Waals surface area contributed by atoms with E-state index >= 15 is 0 Å². The highest BCUT2D eigenvalue weighted by Gasteiger charge is 2.18. The zero-order valence-corrected chi connectivity index (χ0v) is 18.1. The van der Waals surface area contributed by atoms with Crippen LogP contribution in [-0.2, 0) is 17.9 Å². The Balaban J connectivity index is 1.72. The normalized spacial score (nSPS) is 10.7. The number of rotatable bonds is 8. The van der Waals surface area contributed by atoms with Crippen LogP contribution in [0.1, 0.15) is 21.5 Å². The number of nitro groups is 1. The predicted octanol–water partition coefficient (Wildman–Crippen LogP) is 4.37. The second-order valence-corrected chi connectivity index (χ2v) is 7.21. The number of ether oxygens (including phenoxy) is 3. The maximum Gasteiger partial charge on any atom is 0.337 e. The van der Waals surface area contributed by atoms with Gasteiger partial charge in [-0.1, -0.05) is 36.4 Å². The highest BCUT2D eigenvalue weighted by atomic mass is 16.6. The molecule has 168 valence electrons. The summed E-state index contributed by atoms with van der Waals surface area (Å²) in [5, 5.41) is 16.6. The van der Waals surface area contributed by atoms with Gasteiger partial charge in [-0.2, -0.15) is 0 Å². The fourth-order valence-electron chi connectivity index (χ4n) is 3.48. The van der Waals surface area contributed by atoms with Crippen LogP contribution >= 0.6 is 0 Å². The first-order valence-electron chi connectivity index (χ1n) is 10.1. The van der Waals surface area contributed by atoms with Crippen LogP contribution in [0.2, 0.25) is 0 Å². The van der Waals surface area contributed by atoms with Gasteiger partial charge in [-0.3, -0.25) is 14.8 Å². The first-order chi connectivity index (χ1) is 16.0. The molecular formula is C24H21N3O6. The Bertz CT molecular complexity index is 1320. The smallest absolute Gasteiger partial charge is 0.337 e. The van der Waals surface area contributed by atoms with Crippen LogP contribution < -0.4 is 9.47 Å². The molecule has 1 heterocycles. The fraction of sp³-hybridized carbons (Fsp3) is 0.167. The largest absolute Gasteiger partial charge is 0.496 e. The minimum atomic E-state index is -0.475. The van der Waals surface area contributed by atoms with Gasteiger partial charge < -0.3 is 14.2 Å². The van der Waals surface area contributed by atoms with Gasteiger partial charge in [0.2, 0.25) is 5.88 Å². The molecule has 1 aromatic heterocycles. The van der Waals surface area contributed by atoms with E-state index < -0.39 is 10.9 Å². The van der Waals surface area contributed by atoms with Crippen LogP contribution in [0.25, 0.3) is 10.9 Å². The summed E-state index contributed by atoms with van der Waals surface area (Å²) in [5.74, 6) is 0.365. The van der Waals surface area contributed by atoms with Gasteiger partial charge in [0.05, 0.1) is 42.2 Å². The van der Waals surface area contributed by atoms with E-state index in [2.05, 4.69) is 5.10 Å². The minimum absolute atomic E-state index is 0.0498. The van der Waals surface area contributed by atoms with E-state index in [4.69, 9.17) is 14.2 Å². The zero-order valence-electron chi connectivity index (χ0n) is 18.1. The van der Waals surface area contributed by atoms with E-state index in [0.717, 1.165) is 11.1 Å². The van der Waals surface area contributed by atoms with Crippen molar-refractivity contribution in [2.75, 3.05) is 14.2 Å². The third kappa shape index (κ3) is 4.62. The van der Waals surface area contributed by atoms with E-state index in [1.807, 2.05) is 30.3 Å². The molecule has 0 atom stereocenters. The van der Waals surface area contributed by atoms with E-state index in [0.29, 0.717) is 34.7 Å². The van der Waals surface area contributed by atoms with Gasteiger partial charge in [-0.05, 0) is 23.8 Å². The number of non-ortho nitro benzene ring substituents is 1. The maximum atomic E-state index is 11.8. The van der Waals surface area contributed by atoms with E-state index in [9.17, 15) is 14.9 Å². The lowest BCUT2D eigenvalue weighted by atomic mass is 10.1. The number of benzene rings is 3. The Morgan fingerprint density at radius 1 is 1.06 bits per heavy atom.